The molecule has 0 amide bonds. The highest BCUT2D eigenvalue weighted by Gasteiger charge is 2.25. The van der Waals surface area contributed by atoms with Crippen molar-refractivity contribution in [1.29, 1.82) is 0 Å². The SMILES string of the molecule is CCN1CCOC(c2noc(CC(N)C(C)C)n2)C1. The van der Waals surface area contributed by atoms with Crippen molar-refractivity contribution in [1.82, 2.24) is 15.0 Å². The van der Waals surface area contributed by atoms with Gasteiger partial charge in [-0.05, 0) is 12.5 Å². The lowest BCUT2D eigenvalue weighted by Crippen LogP contribution is -2.38. The molecule has 6 nitrogen and oxygen atoms in total. The van der Waals surface area contributed by atoms with E-state index < -0.39 is 0 Å². The number of nitrogens with two attached hydrogens (primary N) is 1. The van der Waals surface area contributed by atoms with E-state index in [9.17, 15) is 0 Å². The lowest BCUT2D eigenvalue weighted by molar-refractivity contribution is -0.0334. The van der Waals surface area contributed by atoms with Gasteiger partial charge in [-0.1, -0.05) is 25.9 Å². The van der Waals surface area contributed by atoms with E-state index in [0.717, 1.165) is 19.6 Å². The van der Waals surface area contributed by atoms with Gasteiger partial charge in [0.2, 0.25) is 11.7 Å². The second-order valence-electron chi connectivity index (χ2n) is 5.41. The molecule has 2 heterocycles. The Morgan fingerprint density at radius 2 is 2.26 bits per heavy atom. The van der Waals surface area contributed by atoms with Gasteiger partial charge in [-0.2, -0.15) is 4.98 Å². The summed E-state index contributed by atoms with van der Waals surface area (Å²) in [4.78, 5) is 6.74. The highest BCUT2D eigenvalue weighted by atomic mass is 16.5. The third-order valence-electron chi connectivity index (χ3n) is 3.64. The monoisotopic (exact) mass is 268 g/mol. The van der Waals surface area contributed by atoms with Gasteiger partial charge in [-0.15, -0.1) is 0 Å². The molecular weight excluding hydrogens is 244 g/mol. The van der Waals surface area contributed by atoms with Gasteiger partial charge >= 0.3 is 0 Å². The van der Waals surface area contributed by atoms with Crippen molar-refractivity contribution in [2.75, 3.05) is 26.2 Å². The summed E-state index contributed by atoms with van der Waals surface area (Å²) in [5.41, 5.74) is 6.01. The molecule has 6 heteroatoms. The van der Waals surface area contributed by atoms with Crippen LogP contribution >= 0.6 is 0 Å². The maximum absolute atomic E-state index is 6.01. The van der Waals surface area contributed by atoms with Crippen molar-refractivity contribution in [2.45, 2.75) is 39.3 Å². The Labute approximate surface area is 114 Å². The summed E-state index contributed by atoms with van der Waals surface area (Å²) in [6.45, 7) is 9.85. The average Bonchev–Trinajstić information content (AvgIpc) is 2.87. The minimum absolute atomic E-state index is 0.0488. The number of ether oxygens (including phenoxy) is 1. The van der Waals surface area contributed by atoms with Crippen molar-refractivity contribution >= 4 is 0 Å². The zero-order valence-corrected chi connectivity index (χ0v) is 12.0. The fourth-order valence-corrected chi connectivity index (χ4v) is 2.07. The van der Waals surface area contributed by atoms with Crippen LogP contribution in [0.15, 0.2) is 4.52 Å². The lowest BCUT2D eigenvalue weighted by atomic mass is 10.0. The molecule has 1 aromatic heterocycles. The van der Waals surface area contributed by atoms with E-state index in [1.54, 1.807) is 0 Å². The van der Waals surface area contributed by atoms with Crippen molar-refractivity contribution in [3.05, 3.63) is 11.7 Å². The van der Waals surface area contributed by atoms with Crippen LogP contribution in [0.4, 0.5) is 0 Å². The average molecular weight is 268 g/mol. The number of hydrogen-bond donors (Lipinski definition) is 1. The zero-order valence-electron chi connectivity index (χ0n) is 12.0. The summed E-state index contributed by atoms with van der Waals surface area (Å²) in [6, 6.07) is 0.0488. The standard InChI is InChI=1S/C13H24N4O2/c1-4-17-5-6-18-11(8-17)13-15-12(19-16-13)7-10(14)9(2)3/h9-11H,4-8,14H2,1-3H3. The number of aromatic nitrogens is 2. The predicted molar refractivity (Wildman–Crippen MR) is 71.6 cm³/mol. The summed E-state index contributed by atoms with van der Waals surface area (Å²) in [5, 5.41) is 4.03. The Morgan fingerprint density at radius 3 is 2.95 bits per heavy atom. The molecule has 1 aliphatic rings. The van der Waals surface area contributed by atoms with E-state index in [2.05, 4.69) is 35.8 Å². The summed E-state index contributed by atoms with van der Waals surface area (Å²) >= 11 is 0. The molecule has 108 valence electrons. The Hall–Kier alpha value is -0.980. The molecule has 1 saturated heterocycles. The van der Waals surface area contributed by atoms with Crippen LogP contribution in [0, 0.1) is 5.92 Å². The van der Waals surface area contributed by atoms with E-state index in [0.29, 0.717) is 30.7 Å². The molecule has 2 rings (SSSR count). The van der Waals surface area contributed by atoms with Gasteiger partial charge in [0.05, 0.1) is 6.61 Å². The molecule has 1 aromatic rings. The first-order valence-electron chi connectivity index (χ1n) is 7.02. The van der Waals surface area contributed by atoms with Crippen LogP contribution in [0.3, 0.4) is 0 Å². The van der Waals surface area contributed by atoms with Crippen LogP contribution in [-0.2, 0) is 11.2 Å². The highest BCUT2D eigenvalue weighted by molar-refractivity contribution is 4.95. The maximum atomic E-state index is 6.01. The maximum Gasteiger partial charge on any atom is 0.228 e. The molecule has 0 spiro atoms. The molecule has 0 radical (unpaired) electrons. The van der Waals surface area contributed by atoms with E-state index in [1.165, 1.54) is 0 Å². The van der Waals surface area contributed by atoms with Crippen molar-refractivity contribution in [3.63, 3.8) is 0 Å². The smallest absolute Gasteiger partial charge is 0.228 e. The largest absolute Gasteiger partial charge is 0.367 e. The quantitative estimate of drug-likeness (QED) is 0.858. The number of likely N-dealkylation sites (N-methyl/N-ethyl adjacent to an activating group) is 1. The highest BCUT2D eigenvalue weighted by Crippen LogP contribution is 2.20. The fraction of sp³-hybridized carbons (Fsp3) is 0.846. The van der Waals surface area contributed by atoms with Gasteiger partial charge in [0, 0.05) is 25.6 Å². The third-order valence-corrected chi connectivity index (χ3v) is 3.64. The van der Waals surface area contributed by atoms with Crippen molar-refractivity contribution in [2.24, 2.45) is 11.7 Å². The van der Waals surface area contributed by atoms with Crippen molar-refractivity contribution < 1.29 is 9.26 Å². The lowest BCUT2D eigenvalue weighted by Gasteiger charge is -2.30. The van der Waals surface area contributed by atoms with Crippen LogP contribution in [0.25, 0.3) is 0 Å². The van der Waals surface area contributed by atoms with Gasteiger partial charge in [-0.25, -0.2) is 0 Å². The van der Waals surface area contributed by atoms with Gasteiger partial charge in [0.1, 0.15) is 6.10 Å². The predicted octanol–water partition coefficient (Wildman–Crippen LogP) is 0.989. The van der Waals surface area contributed by atoms with Crippen molar-refractivity contribution in [3.8, 4) is 0 Å². The minimum Gasteiger partial charge on any atom is -0.367 e. The molecule has 0 saturated carbocycles. The molecule has 0 bridgehead atoms. The Balaban J connectivity index is 1.96. The Bertz CT molecular complexity index is 394. The van der Waals surface area contributed by atoms with Gasteiger partial charge in [-0.3, -0.25) is 4.90 Å². The number of nitrogens with zero attached hydrogens (tertiary/aromatic N) is 3. The second kappa shape index (κ2) is 6.45. The van der Waals surface area contributed by atoms with E-state index >= 15 is 0 Å². The first-order valence-corrected chi connectivity index (χ1v) is 7.02. The van der Waals surface area contributed by atoms with E-state index in [-0.39, 0.29) is 12.1 Å². The van der Waals surface area contributed by atoms with Crippen LogP contribution < -0.4 is 5.73 Å². The molecule has 2 unspecified atom stereocenters. The number of rotatable bonds is 5. The Morgan fingerprint density at radius 1 is 1.47 bits per heavy atom. The fourth-order valence-electron chi connectivity index (χ4n) is 2.07. The van der Waals surface area contributed by atoms with Crippen LogP contribution in [0.2, 0.25) is 0 Å². The first kappa shape index (κ1) is 14.4. The summed E-state index contributed by atoms with van der Waals surface area (Å²) in [5.74, 6) is 1.65. The number of morpholine rings is 1. The summed E-state index contributed by atoms with van der Waals surface area (Å²) in [6.07, 6.45) is 0.538. The summed E-state index contributed by atoms with van der Waals surface area (Å²) < 4.78 is 11.0. The first-order chi connectivity index (χ1) is 9.10. The third kappa shape index (κ3) is 3.75. The minimum atomic E-state index is -0.0820. The van der Waals surface area contributed by atoms with E-state index in [4.69, 9.17) is 15.0 Å². The molecule has 1 aliphatic heterocycles. The molecule has 0 aromatic carbocycles. The van der Waals surface area contributed by atoms with E-state index in [1.807, 2.05) is 0 Å². The van der Waals surface area contributed by atoms with Gasteiger partial charge in [0.15, 0.2) is 0 Å². The van der Waals surface area contributed by atoms with Crippen LogP contribution in [0.5, 0.6) is 0 Å². The molecule has 2 atom stereocenters. The van der Waals surface area contributed by atoms with Crippen LogP contribution in [-0.4, -0.2) is 47.3 Å². The van der Waals surface area contributed by atoms with Gasteiger partial charge in [0.25, 0.3) is 0 Å². The number of hydrogen-bond acceptors (Lipinski definition) is 6. The van der Waals surface area contributed by atoms with Gasteiger partial charge < -0.3 is 15.0 Å². The second-order valence-corrected chi connectivity index (χ2v) is 5.41. The normalized spacial score (nSPS) is 22.9. The summed E-state index contributed by atoms with van der Waals surface area (Å²) in [7, 11) is 0. The molecule has 2 N–H and O–H groups in total. The Kier molecular flexibility index (Phi) is 4.90. The molecule has 0 aliphatic carbocycles. The molecule has 19 heavy (non-hydrogen) atoms. The molecule has 1 fully saturated rings. The van der Waals surface area contributed by atoms with Crippen LogP contribution in [0.1, 0.15) is 38.6 Å². The zero-order chi connectivity index (χ0) is 13.8. The topological polar surface area (TPSA) is 77.4 Å². The molecular formula is C13H24N4O2.